The molecule has 0 spiro atoms. The van der Waals surface area contributed by atoms with Crippen LogP contribution in [0.1, 0.15) is 23.8 Å². The molecule has 0 saturated carbocycles. The van der Waals surface area contributed by atoms with Gasteiger partial charge in [0.2, 0.25) is 5.91 Å². The standard InChI is InChI=1S/C9H12N2OS/c1-11-7-4-5-13-9(7)6(10)2-3-8(11)12/h4-6H,2-3,10H2,1H3/t6-/m1/s1. The largest absolute Gasteiger partial charge is 0.323 e. The summed E-state index contributed by atoms with van der Waals surface area (Å²) in [4.78, 5) is 14.3. The van der Waals surface area contributed by atoms with Crippen LogP contribution in [0.15, 0.2) is 11.4 Å². The first-order valence-corrected chi connectivity index (χ1v) is 5.17. The monoisotopic (exact) mass is 196 g/mol. The maximum atomic E-state index is 11.5. The van der Waals surface area contributed by atoms with Crippen molar-refractivity contribution in [3.8, 4) is 0 Å². The van der Waals surface area contributed by atoms with Crippen molar-refractivity contribution in [1.82, 2.24) is 0 Å². The first-order valence-electron chi connectivity index (χ1n) is 4.29. The van der Waals surface area contributed by atoms with Crippen molar-refractivity contribution in [2.24, 2.45) is 5.73 Å². The highest BCUT2D eigenvalue weighted by Gasteiger charge is 2.24. The van der Waals surface area contributed by atoms with Gasteiger partial charge in [-0.15, -0.1) is 11.3 Å². The molecule has 0 saturated heterocycles. The number of amides is 1. The lowest BCUT2D eigenvalue weighted by Crippen LogP contribution is -2.24. The van der Waals surface area contributed by atoms with Gasteiger partial charge in [0.1, 0.15) is 0 Å². The van der Waals surface area contributed by atoms with Crippen LogP contribution in [-0.4, -0.2) is 13.0 Å². The Morgan fingerprint density at radius 1 is 1.69 bits per heavy atom. The fourth-order valence-electron chi connectivity index (χ4n) is 1.58. The van der Waals surface area contributed by atoms with Crippen molar-refractivity contribution in [1.29, 1.82) is 0 Å². The average molecular weight is 196 g/mol. The van der Waals surface area contributed by atoms with Crippen molar-refractivity contribution >= 4 is 22.9 Å². The Bertz CT molecular complexity index is 334. The SMILES string of the molecule is CN1C(=O)CC[C@@H](N)c2sccc21. The van der Waals surface area contributed by atoms with Crippen molar-refractivity contribution in [3.63, 3.8) is 0 Å². The fourth-order valence-corrected chi connectivity index (χ4v) is 2.54. The first-order chi connectivity index (χ1) is 6.20. The lowest BCUT2D eigenvalue weighted by Gasteiger charge is -2.14. The van der Waals surface area contributed by atoms with Crippen LogP contribution in [0.3, 0.4) is 0 Å². The van der Waals surface area contributed by atoms with Gasteiger partial charge < -0.3 is 10.6 Å². The van der Waals surface area contributed by atoms with E-state index < -0.39 is 0 Å². The molecule has 0 unspecified atom stereocenters. The summed E-state index contributed by atoms with van der Waals surface area (Å²) in [6.07, 6.45) is 1.32. The number of rotatable bonds is 0. The Morgan fingerprint density at radius 2 is 2.46 bits per heavy atom. The van der Waals surface area contributed by atoms with Crippen molar-refractivity contribution in [2.75, 3.05) is 11.9 Å². The van der Waals surface area contributed by atoms with Gasteiger partial charge in [-0.2, -0.15) is 0 Å². The Kier molecular flexibility index (Phi) is 2.09. The second kappa shape index (κ2) is 3.12. The molecule has 1 aliphatic heterocycles. The number of nitrogens with two attached hydrogens (primary N) is 1. The van der Waals surface area contributed by atoms with Gasteiger partial charge in [0.15, 0.2) is 0 Å². The van der Waals surface area contributed by atoms with Crippen LogP contribution in [0.2, 0.25) is 0 Å². The molecule has 0 bridgehead atoms. The van der Waals surface area contributed by atoms with Crippen molar-refractivity contribution in [3.05, 3.63) is 16.3 Å². The molecule has 1 amide bonds. The van der Waals surface area contributed by atoms with E-state index in [4.69, 9.17) is 5.73 Å². The fraction of sp³-hybridized carbons (Fsp3) is 0.444. The van der Waals surface area contributed by atoms with Crippen LogP contribution in [0, 0.1) is 0 Å². The first kappa shape index (κ1) is 8.72. The second-order valence-electron chi connectivity index (χ2n) is 3.27. The molecule has 3 nitrogen and oxygen atoms in total. The maximum Gasteiger partial charge on any atom is 0.226 e. The van der Waals surface area contributed by atoms with Gasteiger partial charge >= 0.3 is 0 Å². The van der Waals surface area contributed by atoms with Gasteiger partial charge in [-0.1, -0.05) is 0 Å². The molecule has 13 heavy (non-hydrogen) atoms. The Hall–Kier alpha value is -0.870. The van der Waals surface area contributed by atoms with E-state index in [0.717, 1.165) is 17.0 Å². The van der Waals surface area contributed by atoms with E-state index in [2.05, 4.69) is 0 Å². The summed E-state index contributed by atoms with van der Waals surface area (Å²) < 4.78 is 0. The molecule has 2 N–H and O–H groups in total. The van der Waals surface area contributed by atoms with Crippen LogP contribution < -0.4 is 10.6 Å². The highest BCUT2D eigenvalue weighted by Crippen LogP contribution is 2.35. The summed E-state index contributed by atoms with van der Waals surface area (Å²) in [7, 11) is 1.81. The van der Waals surface area contributed by atoms with E-state index >= 15 is 0 Å². The number of nitrogens with zero attached hydrogens (tertiary/aromatic N) is 1. The van der Waals surface area contributed by atoms with Gasteiger partial charge in [0, 0.05) is 24.4 Å². The number of anilines is 1. The zero-order valence-corrected chi connectivity index (χ0v) is 8.30. The third kappa shape index (κ3) is 1.36. The number of carbonyl (C=O) groups is 1. The predicted octanol–water partition coefficient (Wildman–Crippen LogP) is 1.50. The summed E-state index contributed by atoms with van der Waals surface area (Å²) in [5.41, 5.74) is 6.93. The number of hydrogen-bond donors (Lipinski definition) is 1. The van der Waals surface area contributed by atoms with E-state index in [1.54, 1.807) is 16.2 Å². The number of thiophene rings is 1. The zero-order valence-electron chi connectivity index (χ0n) is 7.49. The summed E-state index contributed by atoms with van der Waals surface area (Å²) in [5.74, 6) is 0.160. The molecule has 4 heteroatoms. The molecule has 70 valence electrons. The van der Waals surface area contributed by atoms with E-state index in [1.807, 2.05) is 18.5 Å². The number of hydrogen-bond acceptors (Lipinski definition) is 3. The zero-order chi connectivity index (χ0) is 9.42. The van der Waals surface area contributed by atoms with Crippen LogP contribution >= 0.6 is 11.3 Å². The van der Waals surface area contributed by atoms with Gasteiger partial charge in [-0.3, -0.25) is 4.79 Å². The summed E-state index contributed by atoms with van der Waals surface area (Å²) in [6, 6.07) is 1.99. The molecule has 2 rings (SSSR count). The topological polar surface area (TPSA) is 46.3 Å². The van der Waals surface area contributed by atoms with Crippen molar-refractivity contribution in [2.45, 2.75) is 18.9 Å². The highest BCUT2D eigenvalue weighted by atomic mass is 32.1. The quantitative estimate of drug-likeness (QED) is 0.683. The van der Waals surface area contributed by atoms with Gasteiger partial charge in [0.25, 0.3) is 0 Å². The third-order valence-electron chi connectivity index (χ3n) is 2.41. The summed E-state index contributed by atoms with van der Waals surface area (Å²) in [5, 5.41) is 1.99. The van der Waals surface area contributed by atoms with Gasteiger partial charge in [0.05, 0.1) is 5.69 Å². The Morgan fingerprint density at radius 3 is 3.23 bits per heavy atom. The highest BCUT2D eigenvalue weighted by molar-refractivity contribution is 7.10. The summed E-state index contributed by atoms with van der Waals surface area (Å²) >= 11 is 1.63. The third-order valence-corrected chi connectivity index (χ3v) is 3.45. The van der Waals surface area contributed by atoms with E-state index in [1.165, 1.54) is 0 Å². The Labute approximate surface area is 81.2 Å². The molecule has 1 aliphatic rings. The van der Waals surface area contributed by atoms with Crippen LogP contribution in [-0.2, 0) is 4.79 Å². The molecule has 0 fully saturated rings. The Balaban J connectivity index is 2.46. The van der Waals surface area contributed by atoms with Crippen molar-refractivity contribution < 1.29 is 4.79 Å². The van der Waals surface area contributed by atoms with E-state index in [9.17, 15) is 4.79 Å². The lowest BCUT2D eigenvalue weighted by molar-refractivity contribution is -0.118. The van der Waals surface area contributed by atoms with E-state index in [-0.39, 0.29) is 11.9 Å². The predicted molar refractivity (Wildman–Crippen MR) is 53.9 cm³/mol. The van der Waals surface area contributed by atoms with Crippen LogP contribution in [0.4, 0.5) is 5.69 Å². The van der Waals surface area contributed by atoms with Gasteiger partial charge in [-0.25, -0.2) is 0 Å². The second-order valence-corrected chi connectivity index (χ2v) is 4.22. The molecule has 0 aliphatic carbocycles. The van der Waals surface area contributed by atoms with E-state index in [0.29, 0.717) is 6.42 Å². The van der Waals surface area contributed by atoms with Gasteiger partial charge in [-0.05, 0) is 17.9 Å². The molecule has 0 radical (unpaired) electrons. The molecular formula is C9H12N2OS. The normalized spacial score (nSPS) is 22.8. The lowest BCUT2D eigenvalue weighted by atomic mass is 10.1. The minimum Gasteiger partial charge on any atom is -0.323 e. The van der Waals surface area contributed by atoms with Crippen LogP contribution in [0.25, 0.3) is 0 Å². The molecule has 0 aromatic carbocycles. The minimum absolute atomic E-state index is 0.0314. The molecular weight excluding hydrogens is 184 g/mol. The smallest absolute Gasteiger partial charge is 0.226 e. The van der Waals surface area contributed by atoms with Crippen LogP contribution in [0.5, 0.6) is 0 Å². The average Bonchev–Trinajstić information content (AvgIpc) is 2.57. The molecule has 1 atom stereocenters. The molecule has 1 aromatic heterocycles. The molecule has 2 heterocycles. The maximum absolute atomic E-state index is 11.5. The minimum atomic E-state index is 0.0314. The summed E-state index contributed by atoms with van der Waals surface area (Å²) in [6.45, 7) is 0. The molecule has 1 aromatic rings. The number of fused-ring (bicyclic) bond motifs is 1. The number of carbonyl (C=O) groups excluding carboxylic acids is 1.